The predicted molar refractivity (Wildman–Crippen MR) is 95.9 cm³/mol. The Balaban J connectivity index is 1.54. The lowest BCUT2D eigenvalue weighted by Gasteiger charge is -2.41. The highest BCUT2D eigenvalue weighted by atomic mass is 35.5. The molecule has 2 aliphatic heterocycles. The molecule has 2 aliphatic rings. The van der Waals surface area contributed by atoms with Crippen molar-refractivity contribution in [2.75, 3.05) is 39.3 Å². The van der Waals surface area contributed by atoms with E-state index < -0.39 is 0 Å². The van der Waals surface area contributed by atoms with E-state index in [2.05, 4.69) is 5.32 Å². The van der Waals surface area contributed by atoms with E-state index in [1.165, 1.54) is 0 Å². The number of amides is 2. The lowest BCUT2D eigenvalue weighted by atomic mass is 10.0. The second-order valence-corrected chi connectivity index (χ2v) is 7.01. The maximum atomic E-state index is 12.5. The molecule has 1 aromatic rings. The summed E-state index contributed by atoms with van der Waals surface area (Å²) >= 11 is 6.00. The molecule has 7 heteroatoms. The average molecular weight is 366 g/mol. The first-order valence-electron chi connectivity index (χ1n) is 8.71. The molecule has 0 bridgehead atoms. The SMILES string of the molecule is Cc1cc(OCC(=O)N2CCCC(N3CCNCC3=O)C2)ccc1Cl. The third kappa shape index (κ3) is 4.44. The van der Waals surface area contributed by atoms with Gasteiger partial charge in [-0.3, -0.25) is 9.59 Å². The molecule has 6 nitrogen and oxygen atoms in total. The van der Waals surface area contributed by atoms with Gasteiger partial charge in [0.1, 0.15) is 5.75 Å². The average Bonchev–Trinajstić information content (AvgIpc) is 2.63. The fraction of sp³-hybridized carbons (Fsp3) is 0.556. The van der Waals surface area contributed by atoms with Crippen LogP contribution in [0.1, 0.15) is 18.4 Å². The van der Waals surface area contributed by atoms with Gasteiger partial charge in [0.2, 0.25) is 5.91 Å². The van der Waals surface area contributed by atoms with Crippen molar-refractivity contribution < 1.29 is 14.3 Å². The molecule has 0 spiro atoms. The van der Waals surface area contributed by atoms with Crippen LogP contribution in [0.25, 0.3) is 0 Å². The van der Waals surface area contributed by atoms with Crippen LogP contribution in [0.15, 0.2) is 18.2 Å². The van der Waals surface area contributed by atoms with Crippen molar-refractivity contribution in [3.05, 3.63) is 28.8 Å². The second kappa shape index (κ2) is 8.06. The van der Waals surface area contributed by atoms with Crippen molar-refractivity contribution in [3.63, 3.8) is 0 Å². The van der Waals surface area contributed by atoms with E-state index in [0.29, 0.717) is 30.4 Å². The molecule has 2 amide bonds. The standard InChI is InChI=1S/C18H24ClN3O3/c1-13-9-15(4-5-16(13)19)25-12-18(24)21-7-2-3-14(11-21)22-8-6-20-10-17(22)23/h4-5,9,14,20H,2-3,6-8,10-12H2,1H3. The molecule has 0 radical (unpaired) electrons. The number of likely N-dealkylation sites (tertiary alicyclic amines) is 1. The molecule has 2 fully saturated rings. The molecule has 3 rings (SSSR count). The number of ether oxygens (including phenoxy) is 1. The molecular formula is C18H24ClN3O3. The summed E-state index contributed by atoms with van der Waals surface area (Å²) in [7, 11) is 0. The molecule has 25 heavy (non-hydrogen) atoms. The zero-order chi connectivity index (χ0) is 17.8. The summed E-state index contributed by atoms with van der Waals surface area (Å²) in [5.41, 5.74) is 0.918. The summed E-state index contributed by atoms with van der Waals surface area (Å²) in [5.74, 6) is 0.722. The number of carbonyl (C=O) groups excluding carboxylic acids is 2. The number of hydrogen-bond donors (Lipinski definition) is 1. The molecule has 1 unspecified atom stereocenters. The van der Waals surface area contributed by atoms with Crippen LogP contribution in [0.2, 0.25) is 5.02 Å². The fourth-order valence-electron chi connectivity index (χ4n) is 3.39. The molecule has 0 aromatic heterocycles. The number of nitrogens with one attached hydrogen (secondary N) is 1. The predicted octanol–water partition coefficient (Wildman–Crippen LogP) is 1.45. The minimum Gasteiger partial charge on any atom is -0.484 e. The third-order valence-corrected chi connectivity index (χ3v) is 5.23. The van der Waals surface area contributed by atoms with Crippen LogP contribution < -0.4 is 10.1 Å². The minimum absolute atomic E-state index is 0.00327. The summed E-state index contributed by atoms with van der Waals surface area (Å²) < 4.78 is 5.62. The van der Waals surface area contributed by atoms with E-state index >= 15 is 0 Å². The Kier molecular flexibility index (Phi) is 5.81. The van der Waals surface area contributed by atoms with Gasteiger partial charge in [-0.25, -0.2) is 0 Å². The first-order valence-corrected chi connectivity index (χ1v) is 9.09. The Morgan fingerprint density at radius 1 is 1.40 bits per heavy atom. The van der Waals surface area contributed by atoms with E-state index in [4.69, 9.17) is 16.3 Å². The van der Waals surface area contributed by atoms with Gasteiger partial charge >= 0.3 is 0 Å². The maximum absolute atomic E-state index is 12.5. The number of piperazine rings is 1. The van der Waals surface area contributed by atoms with Crippen LogP contribution in [-0.4, -0.2) is 67.0 Å². The molecule has 136 valence electrons. The van der Waals surface area contributed by atoms with Gasteiger partial charge in [0.15, 0.2) is 6.61 Å². The van der Waals surface area contributed by atoms with Crippen molar-refractivity contribution in [2.24, 2.45) is 0 Å². The van der Waals surface area contributed by atoms with Crippen LogP contribution in [0.3, 0.4) is 0 Å². The molecule has 0 aliphatic carbocycles. The first-order chi connectivity index (χ1) is 12.0. The Morgan fingerprint density at radius 3 is 3.00 bits per heavy atom. The van der Waals surface area contributed by atoms with E-state index in [9.17, 15) is 9.59 Å². The van der Waals surface area contributed by atoms with Crippen molar-refractivity contribution in [1.29, 1.82) is 0 Å². The lowest BCUT2D eigenvalue weighted by molar-refractivity contribution is -0.141. The van der Waals surface area contributed by atoms with Crippen LogP contribution in [0.4, 0.5) is 0 Å². The van der Waals surface area contributed by atoms with Gasteiger partial charge in [-0.15, -0.1) is 0 Å². The Bertz CT molecular complexity index is 652. The summed E-state index contributed by atoms with van der Waals surface area (Å²) in [6.45, 7) is 5.14. The quantitative estimate of drug-likeness (QED) is 0.877. The number of hydrogen-bond acceptors (Lipinski definition) is 4. The zero-order valence-corrected chi connectivity index (χ0v) is 15.2. The lowest BCUT2D eigenvalue weighted by Crippen LogP contribution is -2.57. The number of carbonyl (C=O) groups is 2. The largest absolute Gasteiger partial charge is 0.484 e. The molecule has 2 saturated heterocycles. The van der Waals surface area contributed by atoms with E-state index in [1.54, 1.807) is 12.1 Å². The van der Waals surface area contributed by atoms with Gasteiger partial charge in [-0.2, -0.15) is 0 Å². The minimum atomic E-state index is -0.0418. The highest BCUT2D eigenvalue weighted by molar-refractivity contribution is 6.31. The van der Waals surface area contributed by atoms with E-state index in [1.807, 2.05) is 22.8 Å². The zero-order valence-electron chi connectivity index (χ0n) is 14.5. The van der Waals surface area contributed by atoms with Crippen LogP contribution in [0, 0.1) is 6.92 Å². The number of piperidine rings is 1. The smallest absolute Gasteiger partial charge is 0.260 e. The molecule has 0 saturated carbocycles. The molecular weight excluding hydrogens is 342 g/mol. The summed E-state index contributed by atoms with van der Waals surface area (Å²) in [5, 5.41) is 3.76. The van der Waals surface area contributed by atoms with Gasteiger partial charge in [0.25, 0.3) is 5.91 Å². The monoisotopic (exact) mass is 365 g/mol. The molecule has 2 heterocycles. The van der Waals surface area contributed by atoms with Gasteiger partial charge in [-0.05, 0) is 43.5 Å². The normalized spacial score (nSPS) is 21.4. The topological polar surface area (TPSA) is 61.9 Å². The Labute approximate surface area is 153 Å². The Hall–Kier alpha value is -1.79. The van der Waals surface area contributed by atoms with E-state index in [-0.39, 0.29) is 24.5 Å². The third-order valence-electron chi connectivity index (χ3n) is 4.81. The highest BCUT2D eigenvalue weighted by Crippen LogP contribution is 2.21. The summed E-state index contributed by atoms with van der Waals surface area (Å²) in [4.78, 5) is 28.3. The van der Waals surface area contributed by atoms with Crippen LogP contribution in [-0.2, 0) is 9.59 Å². The highest BCUT2D eigenvalue weighted by Gasteiger charge is 2.31. The number of benzene rings is 1. The van der Waals surface area contributed by atoms with Crippen molar-refractivity contribution >= 4 is 23.4 Å². The van der Waals surface area contributed by atoms with Crippen LogP contribution in [0.5, 0.6) is 5.75 Å². The van der Waals surface area contributed by atoms with Crippen LogP contribution >= 0.6 is 11.6 Å². The summed E-state index contributed by atoms with van der Waals surface area (Å²) in [6.07, 6.45) is 1.86. The summed E-state index contributed by atoms with van der Waals surface area (Å²) in [6, 6.07) is 5.48. The number of rotatable bonds is 4. The van der Waals surface area contributed by atoms with Gasteiger partial charge in [-0.1, -0.05) is 11.6 Å². The fourth-order valence-corrected chi connectivity index (χ4v) is 3.50. The second-order valence-electron chi connectivity index (χ2n) is 6.60. The van der Waals surface area contributed by atoms with Crippen molar-refractivity contribution in [2.45, 2.75) is 25.8 Å². The van der Waals surface area contributed by atoms with Gasteiger partial charge in [0, 0.05) is 37.2 Å². The molecule has 1 aromatic carbocycles. The first kappa shape index (κ1) is 18.0. The Morgan fingerprint density at radius 2 is 2.24 bits per heavy atom. The van der Waals surface area contributed by atoms with Gasteiger partial charge < -0.3 is 19.9 Å². The number of halogens is 1. The molecule has 1 N–H and O–H groups in total. The maximum Gasteiger partial charge on any atom is 0.260 e. The number of aryl methyl sites for hydroxylation is 1. The number of nitrogens with zero attached hydrogens (tertiary/aromatic N) is 2. The van der Waals surface area contributed by atoms with E-state index in [0.717, 1.165) is 31.5 Å². The van der Waals surface area contributed by atoms with Gasteiger partial charge in [0.05, 0.1) is 6.54 Å². The van der Waals surface area contributed by atoms with Crippen molar-refractivity contribution in [3.8, 4) is 5.75 Å². The molecule has 1 atom stereocenters. The van der Waals surface area contributed by atoms with Crippen molar-refractivity contribution in [1.82, 2.24) is 15.1 Å².